The molecule has 0 saturated heterocycles. The minimum atomic E-state index is -0.0133. The Balaban J connectivity index is 2.37. The second-order valence-electron chi connectivity index (χ2n) is 3.00. The third-order valence-electron chi connectivity index (χ3n) is 1.92. The molecule has 1 rings (SSSR count). The second-order valence-corrected chi connectivity index (χ2v) is 4.91. The molecule has 0 aromatic carbocycles. The largest absolute Gasteiger partial charge is 0.344 e. The smallest absolute Gasteiger partial charge is 0.236 e. The van der Waals surface area contributed by atoms with Gasteiger partial charge in [-0.3, -0.25) is 4.79 Å². The van der Waals surface area contributed by atoms with Crippen molar-refractivity contribution in [2.24, 2.45) is 5.73 Å². The molecule has 0 aliphatic rings. The Hall–Kier alpha value is -0.390. The Labute approximate surface area is 96.0 Å². The molecule has 0 saturated carbocycles. The van der Waals surface area contributed by atoms with E-state index in [1.165, 1.54) is 4.88 Å². The highest BCUT2D eigenvalue weighted by Crippen LogP contribution is 2.20. The number of thiophene rings is 1. The summed E-state index contributed by atoms with van der Waals surface area (Å²) >= 11 is 5.09. The standard InChI is InChI=1S/C9H13BrN2OS/c1-12(9(13)5-11)3-2-8-4-7(10)6-14-8/h4,6H,2-3,5,11H2,1H3. The summed E-state index contributed by atoms with van der Waals surface area (Å²) in [5, 5.41) is 2.04. The lowest BCUT2D eigenvalue weighted by Gasteiger charge is -2.14. The number of halogens is 1. The van der Waals surface area contributed by atoms with Gasteiger partial charge in [0.1, 0.15) is 0 Å². The number of nitrogens with two attached hydrogens (primary N) is 1. The maximum Gasteiger partial charge on any atom is 0.236 e. The fraction of sp³-hybridized carbons (Fsp3) is 0.444. The van der Waals surface area contributed by atoms with Crippen LogP contribution in [-0.4, -0.2) is 30.9 Å². The molecule has 0 spiro atoms. The van der Waals surface area contributed by atoms with Crippen LogP contribution in [0.5, 0.6) is 0 Å². The lowest BCUT2D eigenvalue weighted by Crippen LogP contribution is -2.33. The molecule has 5 heteroatoms. The summed E-state index contributed by atoms with van der Waals surface area (Å²) in [5.41, 5.74) is 5.25. The molecule has 78 valence electrons. The average molecular weight is 277 g/mol. The number of carbonyl (C=O) groups excluding carboxylic acids is 1. The van der Waals surface area contributed by atoms with Crippen molar-refractivity contribution in [2.75, 3.05) is 20.1 Å². The van der Waals surface area contributed by atoms with Gasteiger partial charge >= 0.3 is 0 Å². The number of likely N-dealkylation sites (N-methyl/N-ethyl adjacent to an activating group) is 1. The zero-order valence-electron chi connectivity index (χ0n) is 8.00. The SMILES string of the molecule is CN(CCc1cc(Br)cs1)C(=O)CN. The fourth-order valence-corrected chi connectivity index (χ4v) is 2.49. The molecule has 0 unspecified atom stereocenters. The molecular formula is C9H13BrN2OS. The molecular weight excluding hydrogens is 264 g/mol. The van der Waals surface area contributed by atoms with E-state index < -0.39 is 0 Å². The van der Waals surface area contributed by atoms with Crippen LogP contribution in [0.15, 0.2) is 15.9 Å². The van der Waals surface area contributed by atoms with Gasteiger partial charge in [-0.15, -0.1) is 11.3 Å². The number of amides is 1. The maximum absolute atomic E-state index is 11.1. The number of nitrogens with zero attached hydrogens (tertiary/aromatic N) is 1. The summed E-state index contributed by atoms with van der Waals surface area (Å²) < 4.78 is 1.10. The van der Waals surface area contributed by atoms with Crippen molar-refractivity contribution in [1.82, 2.24) is 4.90 Å². The average Bonchev–Trinajstić information content (AvgIpc) is 2.59. The van der Waals surface area contributed by atoms with Crippen molar-refractivity contribution in [1.29, 1.82) is 0 Å². The van der Waals surface area contributed by atoms with E-state index in [-0.39, 0.29) is 12.5 Å². The molecule has 3 nitrogen and oxygen atoms in total. The van der Waals surface area contributed by atoms with Gasteiger partial charge < -0.3 is 10.6 Å². The highest BCUT2D eigenvalue weighted by molar-refractivity contribution is 9.10. The van der Waals surface area contributed by atoms with Crippen molar-refractivity contribution in [2.45, 2.75) is 6.42 Å². The maximum atomic E-state index is 11.1. The van der Waals surface area contributed by atoms with Crippen LogP contribution >= 0.6 is 27.3 Å². The molecule has 1 aromatic rings. The molecule has 2 N–H and O–H groups in total. The van der Waals surface area contributed by atoms with E-state index in [1.807, 2.05) is 5.38 Å². The van der Waals surface area contributed by atoms with Crippen LogP contribution in [0.4, 0.5) is 0 Å². The van der Waals surface area contributed by atoms with E-state index in [4.69, 9.17) is 5.73 Å². The summed E-state index contributed by atoms with van der Waals surface area (Å²) in [6.07, 6.45) is 0.887. The Morgan fingerprint density at radius 3 is 2.93 bits per heavy atom. The molecule has 0 fully saturated rings. The van der Waals surface area contributed by atoms with E-state index in [1.54, 1.807) is 23.3 Å². The van der Waals surface area contributed by atoms with Gasteiger partial charge in [-0.05, 0) is 28.4 Å². The van der Waals surface area contributed by atoms with Gasteiger partial charge in [0.25, 0.3) is 0 Å². The van der Waals surface area contributed by atoms with E-state index >= 15 is 0 Å². The van der Waals surface area contributed by atoms with Crippen LogP contribution in [0.25, 0.3) is 0 Å². The normalized spacial score (nSPS) is 10.2. The molecule has 0 radical (unpaired) electrons. The van der Waals surface area contributed by atoms with Gasteiger partial charge in [0, 0.05) is 28.3 Å². The van der Waals surface area contributed by atoms with Crippen molar-refractivity contribution in [3.05, 3.63) is 20.8 Å². The van der Waals surface area contributed by atoms with Crippen molar-refractivity contribution >= 4 is 33.2 Å². The first-order valence-corrected chi connectivity index (χ1v) is 5.97. The summed E-state index contributed by atoms with van der Waals surface area (Å²) in [7, 11) is 1.78. The summed E-state index contributed by atoms with van der Waals surface area (Å²) in [6, 6.07) is 2.07. The lowest BCUT2D eigenvalue weighted by molar-refractivity contribution is -0.128. The molecule has 0 bridgehead atoms. The first-order valence-electron chi connectivity index (χ1n) is 4.30. The predicted octanol–water partition coefficient (Wildman–Crippen LogP) is 1.47. The highest BCUT2D eigenvalue weighted by atomic mass is 79.9. The molecule has 0 aliphatic heterocycles. The number of carbonyl (C=O) groups is 1. The second kappa shape index (κ2) is 5.48. The highest BCUT2D eigenvalue weighted by Gasteiger charge is 2.06. The predicted molar refractivity (Wildman–Crippen MR) is 62.4 cm³/mol. The van der Waals surface area contributed by atoms with Crippen LogP contribution in [0, 0.1) is 0 Å². The van der Waals surface area contributed by atoms with Gasteiger partial charge in [0.05, 0.1) is 6.54 Å². The molecule has 0 aliphatic carbocycles. The van der Waals surface area contributed by atoms with Gasteiger partial charge in [-0.25, -0.2) is 0 Å². The Bertz CT molecular complexity index is 314. The molecule has 1 amide bonds. The Morgan fingerprint density at radius 2 is 2.43 bits per heavy atom. The fourth-order valence-electron chi connectivity index (χ4n) is 1.04. The third kappa shape index (κ3) is 3.40. The van der Waals surface area contributed by atoms with Crippen LogP contribution in [0.1, 0.15) is 4.88 Å². The summed E-state index contributed by atoms with van der Waals surface area (Å²) in [5.74, 6) is -0.0133. The van der Waals surface area contributed by atoms with Crippen molar-refractivity contribution in [3.63, 3.8) is 0 Å². The number of rotatable bonds is 4. The zero-order valence-corrected chi connectivity index (χ0v) is 10.4. The minimum absolute atomic E-state index is 0.0133. The van der Waals surface area contributed by atoms with E-state index in [9.17, 15) is 4.79 Å². The van der Waals surface area contributed by atoms with E-state index in [0.29, 0.717) is 0 Å². The van der Waals surface area contributed by atoms with Gasteiger partial charge in [-0.1, -0.05) is 0 Å². The lowest BCUT2D eigenvalue weighted by atomic mass is 10.3. The molecule has 0 atom stereocenters. The molecule has 1 aromatic heterocycles. The van der Waals surface area contributed by atoms with Crippen LogP contribution < -0.4 is 5.73 Å². The first-order chi connectivity index (χ1) is 6.63. The van der Waals surface area contributed by atoms with Gasteiger partial charge in [0.2, 0.25) is 5.91 Å². The van der Waals surface area contributed by atoms with Crippen LogP contribution in [-0.2, 0) is 11.2 Å². The van der Waals surface area contributed by atoms with Crippen molar-refractivity contribution < 1.29 is 4.79 Å². The quantitative estimate of drug-likeness (QED) is 0.906. The van der Waals surface area contributed by atoms with Gasteiger partial charge in [0.15, 0.2) is 0 Å². The monoisotopic (exact) mass is 276 g/mol. The summed E-state index contributed by atoms with van der Waals surface area (Å²) in [6.45, 7) is 0.813. The zero-order chi connectivity index (χ0) is 10.6. The van der Waals surface area contributed by atoms with Crippen molar-refractivity contribution in [3.8, 4) is 0 Å². The molecule has 1 heterocycles. The van der Waals surface area contributed by atoms with E-state index in [0.717, 1.165) is 17.4 Å². The Morgan fingerprint density at radius 1 is 1.71 bits per heavy atom. The topological polar surface area (TPSA) is 46.3 Å². The van der Waals surface area contributed by atoms with Gasteiger partial charge in [-0.2, -0.15) is 0 Å². The number of hydrogen-bond acceptors (Lipinski definition) is 3. The minimum Gasteiger partial charge on any atom is -0.344 e. The summed E-state index contributed by atoms with van der Waals surface area (Å²) in [4.78, 5) is 14.1. The van der Waals surface area contributed by atoms with E-state index in [2.05, 4.69) is 22.0 Å². The van der Waals surface area contributed by atoms with Crippen LogP contribution in [0.2, 0.25) is 0 Å². The first kappa shape index (κ1) is 11.7. The van der Waals surface area contributed by atoms with Crippen LogP contribution in [0.3, 0.4) is 0 Å². The molecule has 14 heavy (non-hydrogen) atoms. The Kier molecular flexibility index (Phi) is 4.57. The number of hydrogen-bond donors (Lipinski definition) is 1. The third-order valence-corrected chi connectivity index (χ3v) is 3.67.